The van der Waals surface area contributed by atoms with Crippen LogP contribution in [0.15, 0.2) is 42.5 Å². The average molecular weight is 316 g/mol. The van der Waals surface area contributed by atoms with Crippen molar-refractivity contribution in [2.45, 2.75) is 13.5 Å². The molecule has 6 heteroatoms. The second kappa shape index (κ2) is 7.49. The molecular weight excluding hydrogens is 296 g/mol. The Hall–Kier alpha value is -2.76. The molecule has 0 radical (unpaired) electrons. The van der Waals surface area contributed by atoms with Crippen LogP contribution in [0.3, 0.4) is 0 Å². The van der Waals surface area contributed by atoms with Crippen LogP contribution in [-0.2, 0) is 6.54 Å². The number of hydrogen-bond acceptors (Lipinski definition) is 5. The van der Waals surface area contributed by atoms with Gasteiger partial charge in [-0.05, 0) is 36.8 Å². The van der Waals surface area contributed by atoms with E-state index >= 15 is 0 Å². The smallest absolute Gasteiger partial charge is 0.269 e. The molecule has 0 aromatic heterocycles. The molecule has 0 aliphatic carbocycles. The predicted octanol–water partition coefficient (Wildman–Crippen LogP) is 3.64. The van der Waals surface area contributed by atoms with Gasteiger partial charge in [0, 0.05) is 30.9 Å². The van der Waals surface area contributed by atoms with Gasteiger partial charge in [-0.1, -0.05) is 6.07 Å². The Kier molecular flexibility index (Phi) is 5.41. The Balaban J connectivity index is 2.20. The van der Waals surface area contributed by atoms with E-state index in [2.05, 4.69) is 4.90 Å². The maximum atomic E-state index is 10.7. The zero-order valence-corrected chi connectivity index (χ0v) is 13.5. The number of methoxy groups -OCH3 is 2. The third-order valence-electron chi connectivity index (χ3n) is 3.63. The number of nitro groups is 1. The normalized spacial score (nSPS) is 10.2. The van der Waals surface area contributed by atoms with Crippen LogP contribution in [0.5, 0.6) is 11.5 Å². The summed E-state index contributed by atoms with van der Waals surface area (Å²) in [5, 5.41) is 10.7. The lowest BCUT2D eigenvalue weighted by atomic mass is 10.1. The fourth-order valence-corrected chi connectivity index (χ4v) is 2.37. The van der Waals surface area contributed by atoms with E-state index in [9.17, 15) is 10.1 Å². The van der Waals surface area contributed by atoms with Gasteiger partial charge in [-0.2, -0.15) is 0 Å². The van der Waals surface area contributed by atoms with E-state index in [1.54, 1.807) is 26.4 Å². The molecular formula is C17H20N2O4. The highest BCUT2D eigenvalue weighted by Crippen LogP contribution is 2.29. The molecule has 2 aromatic rings. The number of anilines is 1. The quantitative estimate of drug-likeness (QED) is 0.576. The molecule has 0 N–H and O–H groups in total. The van der Waals surface area contributed by atoms with E-state index in [4.69, 9.17) is 9.47 Å². The summed E-state index contributed by atoms with van der Waals surface area (Å²) in [6, 6.07) is 12.4. The lowest BCUT2D eigenvalue weighted by Crippen LogP contribution is -2.21. The first-order valence-corrected chi connectivity index (χ1v) is 7.29. The molecule has 0 amide bonds. The number of rotatable bonds is 7. The van der Waals surface area contributed by atoms with Gasteiger partial charge in [0.25, 0.3) is 5.69 Å². The zero-order valence-electron chi connectivity index (χ0n) is 13.5. The van der Waals surface area contributed by atoms with E-state index < -0.39 is 4.92 Å². The molecule has 0 saturated heterocycles. The van der Waals surface area contributed by atoms with Crippen molar-refractivity contribution in [2.75, 3.05) is 25.7 Å². The van der Waals surface area contributed by atoms with Crippen LogP contribution in [0.1, 0.15) is 12.5 Å². The number of nitro benzene ring substituents is 1. The largest absolute Gasteiger partial charge is 0.493 e. The monoisotopic (exact) mass is 316 g/mol. The molecule has 2 rings (SSSR count). The number of nitrogens with zero attached hydrogens (tertiary/aromatic N) is 2. The summed E-state index contributed by atoms with van der Waals surface area (Å²) >= 11 is 0. The summed E-state index contributed by atoms with van der Waals surface area (Å²) in [4.78, 5) is 12.5. The molecule has 0 heterocycles. The molecule has 0 atom stereocenters. The van der Waals surface area contributed by atoms with Crippen LogP contribution in [-0.4, -0.2) is 25.7 Å². The summed E-state index contributed by atoms with van der Waals surface area (Å²) in [6.45, 7) is 3.50. The van der Waals surface area contributed by atoms with Gasteiger partial charge in [0.2, 0.25) is 0 Å². The van der Waals surface area contributed by atoms with Gasteiger partial charge >= 0.3 is 0 Å². The summed E-state index contributed by atoms with van der Waals surface area (Å²) < 4.78 is 10.6. The van der Waals surface area contributed by atoms with Crippen molar-refractivity contribution in [1.82, 2.24) is 0 Å². The zero-order chi connectivity index (χ0) is 16.8. The number of non-ortho nitro benzene ring substituents is 1. The number of ether oxygens (including phenoxy) is 2. The summed E-state index contributed by atoms with van der Waals surface area (Å²) in [7, 11) is 3.21. The second-order valence-corrected chi connectivity index (χ2v) is 4.98. The Morgan fingerprint density at radius 1 is 1.04 bits per heavy atom. The number of benzene rings is 2. The van der Waals surface area contributed by atoms with Crippen LogP contribution in [0.4, 0.5) is 11.4 Å². The van der Waals surface area contributed by atoms with Crippen LogP contribution < -0.4 is 14.4 Å². The Morgan fingerprint density at radius 2 is 1.70 bits per heavy atom. The first-order chi connectivity index (χ1) is 11.1. The van der Waals surface area contributed by atoms with Gasteiger partial charge in [0.05, 0.1) is 19.1 Å². The third-order valence-corrected chi connectivity index (χ3v) is 3.63. The SMILES string of the molecule is CCN(Cc1ccc(OC)c(OC)c1)c1ccc([N+](=O)[O-])cc1. The minimum atomic E-state index is -0.394. The highest BCUT2D eigenvalue weighted by molar-refractivity contribution is 5.52. The highest BCUT2D eigenvalue weighted by atomic mass is 16.6. The molecule has 23 heavy (non-hydrogen) atoms. The average Bonchev–Trinajstić information content (AvgIpc) is 2.59. The van der Waals surface area contributed by atoms with E-state index in [1.165, 1.54) is 12.1 Å². The van der Waals surface area contributed by atoms with Crippen molar-refractivity contribution < 1.29 is 14.4 Å². The van der Waals surface area contributed by atoms with Gasteiger partial charge < -0.3 is 14.4 Å². The van der Waals surface area contributed by atoms with Crippen molar-refractivity contribution >= 4 is 11.4 Å². The van der Waals surface area contributed by atoms with E-state index in [0.717, 1.165) is 17.8 Å². The minimum Gasteiger partial charge on any atom is -0.493 e. The molecule has 122 valence electrons. The van der Waals surface area contributed by atoms with Crippen molar-refractivity contribution in [3.63, 3.8) is 0 Å². The van der Waals surface area contributed by atoms with E-state index in [0.29, 0.717) is 18.0 Å². The van der Waals surface area contributed by atoms with Crippen LogP contribution >= 0.6 is 0 Å². The van der Waals surface area contributed by atoms with E-state index in [1.807, 2.05) is 25.1 Å². The topological polar surface area (TPSA) is 64.8 Å². The minimum absolute atomic E-state index is 0.0934. The standard InChI is InChI=1S/C17H20N2O4/c1-4-18(14-6-8-15(9-7-14)19(20)21)12-13-5-10-16(22-2)17(11-13)23-3/h5-11H,4,12H2,1-3H3. The first-order valence-electron chi connectivity index (χ1n) is 7.29. The molecule has 0 unspecified atom stereocenters. The summed E-state index contributed by atoms with van der Waals surface area (Å²) in [5.74, 6) is 1.37. The fraction of sp³-hybridized carbons (Fsp3) is 0.294. The molecule has 2 aromatic carbocycles. The van der Waals surface area contributed by atoms with Crippen LogP contribution in [0.2, 0.25) is 0 Å². The van der Waals surface area contributed by atoms with Gasteiger partial charge in [-0.15, -0.1) is 0 Å². The predicted molar refractivity (Wildman–Crippen MR) is 89.4 cm³/mol. The summed E-state index contributed by atoms with van der Waals surface area (Å²) in [5.41, 5.74) is 2.10. The Bertz CT molecular complexity index is 671. The summed E-state index contributed by atoms with van der Waals surface area (Å²) in [6.07, 6.45) is 0. The van der Waals surface area contributed by atoms with Gasteiger partial charge in [0.1, 0.15) is 0 Å². The van der Waals surface area contributed by atoms with Gasteiger partial charge in [-0.25, -0.2) is 0 Å². The molecule has 0 aliphatic rings. The lowest BCUT2D eigenvalue weighted by Gasteiger charge is -2.23. The molecule has 0 fully saturated rings. The lowest BCUT2D eigenvalue weighted by molar-refractivity contribution is -0.384. The highest BCUT2D eigenvalue weighted by Gasteiger charge is 2.11. The first kappa shape index (κ1) is 16.6. The maximum absolute atomic E-state index is 10.7. The second-order valence-electron chi connectivity index (χ2n) is 4.98. The van der Waals surface area contributed by atoms with Crippen LogP contribution in [0, 0.1) is 10.1 Å². The van der Waals surface area contributed by atoms with Crippen molar-refractivity contribution in [3.8, 4) is 11.5 Å². The molecule has 0 bridgehead atoms. The van der Waals surface area contributed by atoms with E-state index in [-0.39, 0.29) is 5.69 Å². The van der Waals surface area contributed by atoms with Gasteiger partial charge in [0.15, 0.2) is 11.5 Å². The number of hydrogen-bond donors (Lipinski definition) is 0. The Labute approximate surface area is 135 Å². The molecule has 0 saturated carbocycles. The molecule has 6 nitrogen and oxygen atoms in total. The Morgan fingerprint density at radius 3 is 2.22 bits per heavy atom. The molecule has 0 spiro atoms. The van der Waals surface area contributed by atoms with Gasteiger partial charge in [-0.3, -0.25) is 10.1 Å². The van der Waals surface area contributed by atoms with Crippen molar-refractivity contribution in [2.24, 2.45) is 0 Å². The van der Waals surface area contributed by atoms with Crippen LogP contribution in [0.25, 0.3) is 0 Å². The fourth-order valence-electron chi connectivity index (χ4n) is 2.37. The van der Waals surface area contributed by atoms with Crippen molar-refractivity contribution in [1.29, 1.82) is 0 Å². The third kappa shape index (κ3) is 3.91. The maximum Gasteiger partial charge on any atom is 0.269 e. The molecule has 0 aliphatic heterocycles. The van der Waals surface area contributed by atoms with Crippen molar-refractivity contribution in [3.05, 3.63) is 58.1 Å².